The second kappa shape index (κ2) is 8.42. The molecule has 0 fully saturated rings. The number of rotatable bonds is 6. The van der Waals surface area contributed by atoms with Crippen LogP contribution in [-0.2, 0) is 4.79 Å². The van der Waals surface area contributed by atoms with Crippen LogP contribution >= 0.6 is 11.8 Å². The number of carbonyl (C=O) groups excluding carboxylic acids is 1. The summed E-state index contributed by atoms with van der Waals surface area (Å²) in [4.78, 5) is 11.2. The lowest BCUT2D eigenvalue weighted by Gasteiger charge is -2.10. The molecule has 2 heterocycles. The Morgan fingerprint density at radius 2 is 1.83 bits per heavy atom. The van der Waals surface area contributed by atoms with E-state index in [1.165, 1.54) is 11.8 Å². The molecular formula is C21H19N5O2S. The number of carbonyl (C=O) groups is 1. The van der Waals surface area contributed by atoms with E-state index >= 15 is 0 Å². The summed E-state index contributed by atoms with van der Waals surface area (Å²) in [5.74, 6) is 0.506. The van der Waals surface area contributed by atoms with Crippen LogP contribution in [0.2, 0.25) is 0 Å². The quantitative estimate of drug-likeness (QED) is 0.528. The van der Waals surface area contributed by atoms with Gasteiger partial charge in [0.05, 0.1) is 22.8 Å². The number of thioether (sulfide) groups is 1. The molecular weight excluding hydrogens is 386 g/mol. The largest absolute Gasteiger partial charge is 0.299 e. The van der Waals surface area contributed by atoms with Gasteiger partial charge in [0.2, 0.25) is 0 Å². The second-order valence-corrected chi connectivity index (χ2v) is 7.72. The molecule has 2 aromatic carbocycles. The van der Waals surface area contributed by atoms with Crippen LogP contribution in [-0.4, -0.2) is 37.7 Å². The minimum Gasteiger partial charge on any atom is -0.299 e. The number of hydrogen-bond acceptors (Lipinski definition) is 7. The zero-order valence-electron chi connectivity index (χ0n) is 15.7. The van der Waals surface area contributed by atoms with Crippen molar-refractivity contribution in [1.82, 2.24) is 10.2 Å². The summed E-state index contributed by atoms with van der Waals surface area (Å²) >= 11 is 1.41. The lowest BCUT2D eigenvalue weighted by atomic mass is 9.98. The van der Waals surface area contributed by atoms with Crippen molar-refractivity contribution in [3.8, 4) is 22.4 Å². The summed E-state index contributed by atoms with van der Waals surface area (Å²) in [6.45, 7) is 1.56. The fourth-order valence-electron chi connectivity index (χ4n) is 3.04. The Hall–Kier alpha value is -3.23. The number of Topliss-reactive ketones (excluding diaryl/α,β-unsaturated/α-hetero) is 1. The van der Waals surface area contributed by atoms with E-state index < -0.39 is 0 Å². The first-order chi connectivity index (χ1) is 14.1. The maximum Gasteiger partial charge on any atom is 0.140 e. The standard InChI is InChI=1S/C21H19N5O2S/c1-13(27)12-29-21-11-20(24-25-21)17-8-16(9-18(10-17)26-28)14-2-4-15(5-3-14)19-6-7-22-23-19/h2-10,26,28H,11-12H2,1H3,(H,22,23). The molecule has 0 unspecified atom stereocenters. The average molecular weight is 405 g/mol. The molecule has 1 aliphatic rings. The molecule has 146 valence electrons. The van der Waals surface area contributed by atoms with Gasteiger partial charge in [-0.1, -0.05) is 24.3 Å². The minimum atomic E-state index is 0.110. The maximum atomic E-state index is 11.2. The van der Waals surface area contributed by atoms with Crippen molar-refractivity contribution in [2.45, 2.75) is 13.3 Å². The Kier molecular flexibility index (Phi) is 5.55. The van der Waals surface area contributed by atoms with Gasteiger partial charge >= 0.3 is 0 Å². The van der Waals surface area contributed by atoms with Crippen molar-refractivity contribution in [3.63, 3.8) is 0 Å². The Bertz CT molecular complexity index is 1090. The summed E-state index contributed by atoms with van der Waals surface area (Å²) in [5.41, 5.74) is 8.44. The van der Waals surface area contributed by atoms with Crippen LogP contribution in [0.15, 0.2) is 64.9 Å². The van der Waals surface area contributed by atoms with E-state index in [9.17, 15) is 10.0 Å². The first-order valence-electron chi connectivity index (χ1n) is 9.04. The Labute approximate surface area is 171 Å². The molecule has 4 rings (SSSR count). The van der Waals surface area contributed by atoms with Gasteiger partial charge in [-0.05, 0) is 47.9 Å². The molecule has 0 saturated carbocycles. The third-order valence-corrected chi connectivity index (χ3v) is 5.58. The molecule has 7 nitrogen and oxygen atoms in total. The fraction of sp³-hybridized carbons (Fsp3) is 0.143. The summed E-state index contributed by atoms with van der Waals surface area (Å²) in [5, 5.41) is 25.7. The number of aromatic nitrogens is 2. The Balaban J connectivity index is 1.57. The second-order valence-electron chi connectivity index (χ2n) is 6.67. The number of H-pyrrole nitrogens is 1. The number of hydrogen-bond donors (Lipinski definition) is 3. The molecule has 8 heteroatoms. The molecule has 0 bridgehead atoms. The minimum absolute atomic E-state index is 0.110. The van der Waals surface area contributed by atoms with Crippen LogP contribution in [0.1, 0.15) is 18.9 Å². The highest BCUT2D eigenvalue weighted by atomic mass is 32.2. The van der Waals surface area contributed by atoms with Gasteiger partial charge in [0, 0.05) is 18.2 Å². The number of ketones is 1. The van der Waals surface area contributed by atoms with Gasteiger partial charge in [0.25, 0.3) is 0 Å². The predicted octanol–water partition coefficient (Wildman–Crippen LogP) is 4.37. The van der Waals surface area contributed by atoms with Crippen molar-refractivity contribution in [3.05, 3.63) is 60.3 Å². The Morgan fingerprint density at radius 3 is 2.52 bits per heavy atom. The molecule has 29 heavy (non-hydrogen) atoms. The van der Waals surface area contributed by atoms with E-state index in [2.05, 4.69) is 25.9 Å². The molecule has 0 atom stereocenters. The molecule has 3 N–H and O–H groups in total. The molecule has 3 aromatic rings. The van der Waals surface area contributed by atoms with Gasteiger partial charge in [-0.25, -0.2) is 0 Å². The third kappa shape index (κ3) is 4.44. The van der Waals surface area contributed by atoms with Crippen molar-refractivity contribution in [2.75, 3.05) is 11.2 Å². The maximum absolute atomic E-state index is 11.2. The van der Waals surface area contributed by atoms with E-state index in [4.69, 9.17) is 0 Å². The van der Waals surface area contributed by atoms with Gasteiger partial charge < -0.3 is 0 Å². The van der Waals surface area contributed by atoms with Crippen molar-refractivity contribution in [2.24, 2.45) is 10.2 Å². The molecule has 0 spiro atoms. The summed E-state index contributed by atoms with van der Waals surface area (Å²) < 4.78 is 0. The van der Waals surface area contributed by atoms with Crippen molar-refractivity contribution in [1.29, 1.82) is 0 Å². The van der Waals surface area contributed by atoms with Gasteiger partial charge in [-0.15, -0.1) is 16.9 Å². The zero-order chi connectivity index (χ0) is 20.2. The van der Waals surface area contributed by atoms with Crippen LogP contribution in [0.5, 0.6) is 0 Å². The van der Waals surface area contributed by atoms with E-state index in [1.54, 1.807) is 13.1 Å². The van der Waals surface area contributed by atoms with Crippen molar-refractivity contribution < 1.29 is 10.0 Å². The molecule has 0 amide bonds. The monoisotopic (exact) mass is 405 g/mol. The third-order valence-electron chi connectivity index (χ3n) is 4.47. The van der Waals surface area contributed by atoms with Crippen LogP contribution in [0, 0.1) is 0 Å². The highest BCUT2D eigenvalue weighted by Crippen LogP contribution is 2.29. The molecule has 1 aliphatic heterocycles. The smallest absolute Gasteiger partial charge is 0.140 e. The van der Waals surface area contributed by atoms with E-state index in [1.807, 2.05) is 48.5 Å². The highest BCUT2D eigenvalue weighted by molar-refractivity contribution is 8.14. The lowest BCUT2D eigenvalue weighted by molar-refractivity contribution is -0.114. The van der Waals surface area contributed by atoms with E-state index in [-0.39, 0.29) is 5.78 Å². The normalized spacial score (nSPS) is 13.2. The number of nitrogens with zero attached hydrogens (tertiary/aromatic N) is 3. The van der Waals surface area contributed by atoms with Crippen LogP contribution in [0.25, 0.3) is 22.4 Å². The predicted molar refractivity (Wildman–Crippen MR) is 117 cm³/mol. The van der Waals surface area contributed by atoms with E-state index in [0.29, 0.717) is 17.9 Å². The van der Waals surface area contributed by atoms with Gasteiger partial charge in [0.15, 0.2) is 0 Å². The number of anilines is 1. The zero-order valence-corrected chi connectivity index (χ0v) is 16.5. The SMILES string of the molecule is CC(=O)CSC1=NN=C(c2cc(NO)cc(-c3ccc(-c4ccn[nH]4)cc3)c2)C1. The molecule has 0 saturated heterocycles. The first-order valence-corrected chi connectivity index (χ1v) is 10.0. The van der Waals surface area contributed by atoms with Gasteiger partial charge in [-0.3, -0.25) is 20.6 Å². The summed E-state index contributed by atoms with van der Waals surface area (Å²) in [6.07, 6.45) is 2.30. The van der Waals surface area contributed by atoms with Gasteiger partial charge in [-0.2, -0.15) is 10.2 Å². The van der Waals surface area contributed by atoms with Crippen LogP contribution in [0.3, 0.4) is 0 Å². The van der Waals surface area contributed by atoms with Crippen LogP contribution < -0.4 is 5.48 Å². The van der Waals surface area contributed by atoms with Crippen molar-refractivity contribution >= 4 is 34.0 Å². The van der Waals surface area contributed by atoms with Crippen LogP contribution in [0.4, 0.5) is 5.69 Å². The molecule has 0 radical (unpaired) electrons. The first kappa shape index (κ1) is 19.1. The van der Waals surface area contributed by atoms with E-state index in [0.717, 1.165) is 38.7 Å². The average Bonchev–Trinajstić information content (AvgIpc) is 3.44. The number of nitrogens with one attached hydrogen (secondary N) is 2. The Morgan fingerprint density at radius 1 is 1.07 bits per heavy atom. The lowest BCUT2D eigenvalue weighted by Crippen LogP contribution is -2.05. The molecule has 0 aliphatic carbocycles. The van der Waals surface area contributed by atoms with Gasteiger partial charge in [0.1, 0.15) is 10.8 Å². The number of aromatic amines is 1. The fourth-order valence-corrected chi connectivity index (χ4v) is 3.75. The highest BCUT2D eigenvalue weighted by Gasteiger charge is 2.17. The molecule has 1 aromatic heterocycles. The topological polar surface area (TPSA) is 103 Å². The summed E-state index contributed by atoms with van der Waals surface area (Å²) in [6, 6.07) is 15.7. The number of benzene rings is 2. The summed E-state index contributed by atoms with van der Waals surface area (Å²) in [7, 11) is 0.